The number of carbonyl (C=O) groups excluding carboxylic acids is 1. The second-order valence-electron chi connectivity index (χ2n) is 5.37. The van der Waals surface area contributed by atoms with E-state index in [9.17, 15) is 4.79 Å². The molecule has 1 heterocycles. The molecule has 4 nitrogen and oxygen atoms in total. The molecule has 0 spiro atoms. The number of piperidine rings is 1. The maximum absolute atomic E-state index is 11.5. The van der Waals surface area contributed by atoms with Crippen LogP contribution in [0.3, 0.4) is 0 Å². The van der Waals surface area contributed by atoms with E-state index >= 15 is 0 Å². The van der Waals surface area contributed by atoms with Gasteiger partial charge in [-0.3, -0.25) is 9.69 Å². The molecule has 0 saturated carbocycles. The number of hydrogen-bond donors (Lipinski definition) is 1. The van der Waals surface area contributed by atoms with Gasteiger partial charge in [-0.1, -0.05) is 30.7 Å². The third kappa shape index (κ3) is 3.81. The fourth-order valence-corrected chi connectivity index (χ4v) is 2.90. The van der Waals surface area contributed by atoms with Crippen LogP contribution >= 0.6 is 0 Å². The highest BCUT2D eigenvalue weighted by molar-refractivity contribution is 5.69. The summed E-state index contributed by atoms with van der Waals surface area (Å²) in [6.45, 7) is 2.47. The molecule has 1 aromatic carbocycles. The predicted molar refractivity (Wildman–Crippen MR) is 79.0 cm³/mol. The van der Waals surface area contributed by atoms with Gasteiger partial charge in [0.25, 0.3) is 0 Å². The second kappa shape index (κ2) is 7.41. The lowest BCUT2D eigenvalue weighted by atomic mass is 9.97. The molecular formula is C16H24N2O2. The molecule has 0 bridgehead atoms. The first-order chi connectivity index (χ1) is 9.74. The number of nitrogens with zero attached hydrogens (tertiary/aromatic N) is 1. The Morgan fingerprint density at radius 1 is 1.35 bits per heavy atom. The lowest BCUT2D eigenvalue weighted by Crippen LogP contribution is -2.40. The van der Waals surface area contributed by atoms with E-state index in [1.54, 1.807) is 0 Å². The van der Waals surface area contributed by atoms with Crippen LogP contribution in [0.25, 0.3) is 0 Å². The summed E-state index contributed by atoms with van der Waals surface area (Å²) in [5.41, 5.74) is 8.26. The van der Waals surface area contributed by atoms with Crippen molar-refractivity contribution in [3.63, 3.8) is 0 Å². The molecule has 1 aliphatic rings. The van der Waals surface area contributed by atoms with Crippen molar-refractivity contribution in [2.75, 3.05) is 13.7 Å². The molecule has 1 unspecified atom stereocenters. The van der Waals surface area contributed by atoms with Gasteiger partial charge in [-0.05, 0) is 30.5 Å². The van der Waals surface area contributed by atoms with E-state index in [0.29, 0.717) is 19.0 Å². The average molecular weight is 276 g/mol. The molecule has 1 saturated heterocycles. The quantitative estimate of drug-likeness (QED) is 0.836. The van der Waals surface area contributed by atoms with Crippen molar-refractivity contribution in [2.24, 2.45) is 5.73 Å². The Morgan fingerprint density at radius 3 is 2.80 bits per heavy atom. The summed E-state index contributed by atoms with van der Waals surface area (Å²) in [6, 6.07) is 8.57. The van der Waals surface area contributed by atoms with Gasteiger partial charge in [0, 0.05) is 19.1 Å². The third-order valence-electron chi connectivity index (χ3n) is 4.09. The minimum Gasteiger partial charge on any atom is -0.469 e. The van der Waals surface area contributed by atoms with Crippen molar-refractivity contribution >= 4 is 5.97 Å². The van der Waals surface area contributed by atoms with E-state index in [2.05, 4.69) is 17.0 Å². The van der Waals surface area contributed by atoms with Gasteiger partial charge in [-0.2, -0.15) is 0 Å². The number of carbonyl (C=O) groups is 1. The average Bonchev–Trinajstić information content (AvgIpc) is 2.49. The Hall–Kier alpha value is -1.39. The summed E-state index contributed by atoms with van der Waals surface area (Å²) in [5.74, 6) is -0.117. The third-order valence-corrected chi connectivity index (χ3v) is 4.09. The number of nitrogens with two attached hydrogens (primary N) is 1. The first kappa shape index (κ1) is 15.0. The Balaban J connectivity index is 2.06. The monoisotopic (exact) mass is 276 g/mol. The van der Waals surface area contributed by atoms with Gasteiger partial charge in [-0.15, -0.1) is 0 Å². The number of rotatable bonds is 5. The van der Waals surface area contributed by atoms with Gasteiger partial charge in [0.2, 0.25) is 0 Å². The fraction of sp³-hybridized carbons (Fsp3) is 0.562. The summed E-state index contributed by atoms with van der Waals surface area (Å²) >= 11 is 0. The van der Waals surface area contributed by atoms with Crippen molar-refractivity contribution in [2.45, 2.75) is 44.8 Å². The van der Waals surface area contributed by atoms with Crippen molar-refractivity contribution in [3.8, 4) is 0 Å². The number of hydrogen-bond acceptors (Lipinski definition) is 4. The minimum absolute atomic E-state index is 0.117. The number of esters is 1. The smallest absolute Gasteiger partial charge is 0.307 e. The van der Waals surface area contributed by atoms with Gasteiger partial charge in [0.05, 0.1) is 13.5 Å². The zero-order valence-corrected chi connectivity index (χ0v) is 12.2. The molecule has 0 radical (unpaired) electrons. The maximum Gasteiger partial charge on any atom is 0.307 e. The molecule has 1 atom stereocenters. The molecule has 0 amide bonds. The van der Waals surface area contributed by atoms with Gasteiger partial charge >= 0.3 is 5.97 Å². The topological polar surface area (TPSA) is 55.6 Å². The highest BCUT2D eigenvalue weighted by Crippen LogP contribution is 2.23. The number of methoxy groups -OCH3 is 1. The van der Waals surface area contributed by atoms with Crippen LogP contribution in [0.4, 0.5) is 0 Å². The van der Waals surface area contributed by atoms with Crippen molar-refractivity contribution < 1.29 is 9.53 Å². The zero-order chi connectivity index (χ0) is 14.4. The molecule has 1 fully saturated rings. The first-order valence-electron chi connectivity index (χ1n) is 7.32. The van der Waals surface area contributed by atoms with Crippen LogP contribution in [0.1, 0.15) is 36.8 Å². The second-order valence-corrected chi connectivity index (χ2v) is 5.37. The lowest BCUT2D eigenvalue weighted by Gasteiger charge is -2.35. The molecule has 110 valence electrons. The molecule has 2 rings (SSSR count). The highest BCUT2D eigenvalue weighted by Gasteiger charge is 2.25. The summed E-state index contributed by atoms with van der Waals surface area (Å²) in [4.78, 5) is 13.9. The molecule has 2 N–H and O–H groups in total. The van der Waals surface area contributed by atoms with E-state index in [1.165, 1.54) is 31.1 Å². The van der Waals surface area contributed by atoms with Crippen LogP contribution in [0.2, 0.25) is 0 Å². The molecular weight excluding hydrogens is 252 g/mol. The van der Waals surface area contributed by atoms with Crippen molar-refractivity contribution in [3.05, 3.63) is 35.4 Å². The van der Waals surface area contributed by atoms with Crippen LogP contribution in [0.5, 0.6) is 0 Å². The maximum atomic E-state index is 11.5. The number of likely N-dealkylation sites (tertiary alicyclic amines) is 1. The summed E-state index contributed by atoms with van der Waals surface area (Å²) in [7, 11) is 1.46. The standard InChI is InChI=1S/C16H24N2O2/c1-20-16(19)10-15-8-4-5-9-18(15)12-14-7-3-2-6-13(14)11-17/h2-3,6-7,15H,4-5,8-12,17H2,1H3. The molecule has 0 aliphatic carbocycles. The van der Waals surface area contributed by atoms with E-state index in [0.717, 1.165) is 19.5 Å². The van der Waals surface area contributed by atoms with Gasteiger partial charge in [0.1, 0.15) is 0 Å². The van der Waals surface area contributed by atoms with E-state index in [-0.39, 0.29) is 5.97 Å². The van der Waals surface area contributed by atoms with Gasteiger partial charge < -0.3 is 10.5 Å². The summed E-state index contributed by atoms with van der Waals surface area (Å²) in [5, 5.41) is 0. The SMILES string of the molecule is COC(=O)CC1CCCCN1Cc1ccccc1CN. The van der Waals surface area contributed by atoms with Gasteiger partial charge in [-0.25, -0.2) is 0 Å². The predicted octanol–water partition coefficient (Wildman–Crippen LogP) is 2.06. The molecule has 4 heteroatoms. The Bertz CT molecular complexity index is 448. The first-order valence-corrected chi connectivity index (χ1v) is 7.32. The normalized spacial score (nSPS) is 19.8. The molecule has 0 aromatic heterocycles. The molecule has 1 aromatic rings. The molecule has 1 aliphatic heterocycles. The van der Waals surface area contributed by atoms with Crippen LogP contribution in [0, 0.1) is 0 Å². The molecule has 20 heavy (non-hydrogen) atoms. The Labute approximate surface area is 120 Å². The van der Waals surface area contributed by atoms with Crippen molar-refractivity contribution in [1.29, 1.82) is 0 Å². The number of benzene rings is 1. The van der Waals surface area contributed by atoms with Crippen LogP contribution in [-0.2, 0) is 22.6 Å². The summed E-state index contributed by atoms with van der Waals surface area (Å²) in [6.07, 6.45) is 3.94. The summed E-state index contributed by atoms with van der Waals surface area (Å²) < 4.78 is 4.81. The van der Waals surface area contributed by atoms with Crippen molar-refractivity contribution in [1.82, 2.24) is 4.90 Å². The van der Waals surface area contributed by atoms with Gasteiger partial charge in [0.15, 0.2) is 0 Å². The van der Waals surface area contributed by atoms with Crippen LogP contribution < -0.4 is 5.73 Å². The lowest BCUT2D eigenvalue weighted by molar-refractivity contribution is -0.142. The van der Waals surface area contributed by atoms with E-state index in [4.69, 9.17) is 10.5 Å². The Morgan fingerprint density at radius 2 is 2.10 bits per heavy atom. The largest absolute Gasteiger partial charge is 0.469 e. The van der Waals surface area contributed by atoms with Crippen LogP contribution in [-0.4, -0.2) is 30.6 Å². The number of ether oxygens (including phenoxy) is 1. The van der Waals surface area contributed by atoms with E-state index < -0.39 is 0 Å². The van der Waals surface area contributed by atoms with E-state index in [1.807, 2.05) is 12.1 Å². The van der Waals surface area contributed by atoms with Crippen LogP contribution in [0.15, 0.2) is 24.3 Å². The Kier molecular flexibility index (Phi) is 5.56. The fourth-order valence-electron chi connectivity index (χ4n) is 2.90. The highest BCUT2D eigenvalue weighted by atomic mass is 16.5. The zero-order valence-electron chi connectivity index (χ0n) is 12.2. The minimum atomic E-state index is -0.117.